The molecular weight excluding hydrogens is 272 g/mol. The Morgan fingerprint density at radius 3 is 2.80 bits per heavy atom. The molecule has 0 bridgehead atoms. The van der Waals surface area contributed by atoms with Gasteiger partial charge in [0, 0.05) is 16.3 Å². The van der Waals surface area contributed by atoms with Gasteiger partial charge in [0.05, 0.1) is 11.9 Å². The van der Waals surface area contributed by atoms with Crippen molar-refractivity contribution >= 4 is 33.0 Å². The van der Waals surface area contributed by atoms with Gasteiger partial charge >= 0.3 is 0 Å². The number of hydrogen-bond donors (Lipinski definition) is 1. The van der Waals surface area contributed by atoms with E-state index in [0.717, 1.165) is 16.8 Å². The average Bonchev–Trinajstić information content (AvgIpc) is 2.64. The van der Waals surface area contributed by atoms with E-state index in [2.05, 4.69) is 45.3 Å². The van der Waals surface area contributed by atoms with Gasteiger partial charge in [0.1, 0.15) is 4.60 Å². The second-order valence-corrected chi connectivity index (χ2v) is 5.42. The first-order chi connectivity index (χ1) is 7.24. The number of pyridine rings is 1. The summed E-state index contributed by atoms with van der Waals surface area (Å²) in [6.07, 6.45) is 1.82. The van der Waals surface area contributed by atoms with Crippen LogP contribution in [0.3, 0.4) is 0 Å². The molecule has 0 aromatic carbocycles. The summed E-state index contributed by atoms with van der Waals surface area (Å²) in [6.45, 7) is 2.98. The molecule has 1 N–H and O–H groups in total. The largest absolute Gasteiger partial charge is 0.379 e. The number of thiophene rings is 1. The Morgan fingerprint density at radius 1 is 1.33 bits per heavy atom. The van der Waals surface area contributed by atoms with Crippen LogP contribution in [0.25, 0.3) is 0 Å². The quantitative estimate of drug-likeness (QED) is 0.866. The molecular formula is C11H11BrN2S. The maximum absolute atomic E-state index is 4.15. The normalized spacial score (nSPS) is 10.3. The summed E-state index contributed by atoms with van der Waals surface area (Å²) in [4.78, 5) is 6.85. The average molecular weight is 283 g/mol. The highest BCUT2D eigenvalue weighted by atomic mass is 79.9. The molecule has 2 rings (SSSR count). The van der Waals surface area contributed by atoms with Crippen molar-refractivity contribution in [3.63, 3.8) is 0 Å². The Hall–Kier alpha value is -0.870. The van der Waals surface area contributed by atoms with Gasteiger partial charge in [-0.1, -0.05) is 0 Å². The number of halogens is 1. The van der Waals surface area contributed by atoms with Crippen molar-refractivity contribution in [1.82, 2.24) is 4.98 Å². The SMILES string of the molecule is Cc1ccc(CNc2ccc(Br)nc2)s1. The fraction of sp³-hybridized carbons (Fsp3) is 0.182. The van der Waals surface area contributed by atoms with E-state index >= 15 is 0 Å². The lowest BCUT2D eigenvalue weighted by Gasteiger charge is -2.03. The summed E-state index contributed by atoms with van der Waals surface area (Å²) in [5.74, 6) is 0. The van der Waals surface area contributed by atoms with E-state index < -0.39 is 0 Å². The second-order valence-electron chi connectivity index (χ2n) is 3.24. The minimum absolute atomic E-state index is 0.861. The molecule has 0 spiro atoms. The number of rotatable bonds is 3. The van der Waals surface area contributed by atoms with E-state index in [4.69, 9.17) is 0 Å². The van der Waals surface area contributed by atoms with E-state index in [-0.39, 0.29) is 0 Å². The molecule has 0 aliphatic heterocycles. The van der Waals surface area contributed by atoms with Crippen LogP contribution >= 0.6 is 27.3 Å². The topological polar surface area (TPSA) is 24.9 Å². The van der Waals surface area contributed by atoms with E-state index in [1.165, 1.54) is 9.75 Å². The fourth-order valence-corrected chi connectivity index (χ4v) is 2.31. The van der Waals surface area contributed by atoms with Crippen LogP contribution in [0.5, 0.6) is 0 Å². The minimum Gasteiger partial charge on any atom is -0.379 e. The Kier molecular flexibility index (Phi) is 3.38. The molecule has 15 heavy (non-hydrogen) atoms. The number of nitrogens with one attached hydrogen (secondary N) is 1. The van der Waals surface area contributed by atoms with Crippen molar-refractivity contribution in [3.8, 4) is 0 Å². The smallest absolute Gasteiger partial charge is 0.106 e. The Balaban J connectivity index is 1.96. The number of anilines is 1. The monoisotopic (exact) mass is 282 g/mol. The number of aromatic nitrogens is 1. The number of aryl methyl sites for hydroxylation is 1. The van der Waals surface area contributed by atoms with Crippen molar-refractivity contribution in [1.29, 1.82) is 0 Å². The summed E-state index contributed by atoms with van der Waals surface area (Å²) < 4.78 is 0.861. The van der Waals surface area contributed by atoms with Gasteiger partial charge in [-0.2, -0.15) is 0 Å². The Labute approximate surface area is 101 Å². The van der Waals surface area contributed by atoms with Crippen molar-refractivity contribution in [2.75, 3.05) is 5.32 Å². The first kappa shape index (κ1) is 10.6. The van der Waals surface area contributed by atoms with E-state index in [9.17, 15) is 0 Å². The molecule has 0 atom stereocenters. The fourth-order valence-electron chi connectivity index (χ4n) is 1.25. The van der Waals surface area contributed by atoms with Crippen molar-refractivity contribution in [2.45, 2.75) is 13.5 Å². The van der Waals surface area contributed by atoms with Gasteiger partial charge in [-0.3, -0.25) is 0 Å². The summed E-state index contributed by atoms with van der Waals surface area (Å²) >= 11 is 5.13. The minimum atomic E-state index is 0.861. The predicted octanol–water partition coefficient (Wildman–Crippen LogP) is 3.83. The van der Waals surface area contributed by atoms with Crippen LogP contribution in [0.4, 0.5) is 5.69 Å². The first-order valence-electron chi connectivity index (χ1n) is 4.65. The zero-order valence-electron chi connectivity index (χ0n) is 8.33. The van der Waals surface area contributed by atoms with Gasteiger partial charge in [0.2, 0.25) is 0 Å². The molecule has 4 heteroatoms. The molecule has 0 aliphatic rings. The zero-order chi connectivity index (χ0) is 10.7. The summed E-state index contributed by atoms with van der Waals surface area (Å²) in [5.41, 5.74) is 1.05. The molecule has 0 fully saturated rings. The number of hydrogen-bond acceptors (Lipinski definition) is 3. The lowest BCUT2D eigenvalue weighted by Crippen LogP contribution is -1.97. The third-order valence-corrected chi connectivity index (χ3v) is 3.46. The van der Waals surface area contributed by atoms with Crippen molar-refractivity contribution in [2.24, 2.45) is 0 Å². The molecule has 0 aliphatic carbocycles. The molecule has 0 saturated carbocycles. The van der Waals surface area contributed by atoms with Gasteiger partial charge in [0.25, 0.3) is 0 Å². The zero-order valence-corrected chi connectivity index (χ0v) is 10.7. The summed E-state index contributed by atoms with van der Waals surface area (Å²) in [5, 5.41) is 3.33. The van der Waals surface area contributed by atoms with Crippen LogP contribution in [0, 0.1) is 6.92 Å². The van der Waals surface area contributed by atoms with Crippen LogP contribution in [0.15, 0.2) is 35.1 Å². The molecule has 2 heterocycles. The predicted molar refractivity (Wildman–Crippen MR) is 68.3 cm³/mol. The van der Waals surface area contributed by atoms with Crippen LogP contribution in [-0.4, -0.2) is 4.98 Å². The van der Waals surface area contributed by atoms with Gasteiger partial charge in [0.15, 0.2) is 0 Å². The van der Waals surface area contributed by atoms with Crippen LogP contribution in [0.1, 0.15) is 9.75 Å². The van der Waals surface area contributed by atoms with Crippen LogP contribution in [-0.2, 0) is 6.54 Å². The number of nitrogens with zero attached hydrogens (tertiary/aromatic N) is 1. The first-order valence-corrected chi connectivity index (χ1v) is 6.26. The molecule has 0 saturated heterocycles. The van der Waals surface area contributed by atoms with E-state index in [1.807, 2.05) is 29.7 Å². The standard InChI is InChI=1S/C11H11BrN2S/c1-8-2-4-10(15-8)7-13-9-3-5-11(12)14-6-9/h2-6,13H,7H2,1H3. The van der Waals surface area contributed by atoms with Crippen LogP contribution in [0.2, 0.25) is 0 Å². The van der Waals surface area contributed by atoms with Crippen molar-refractivity contribution < 1.29 is 0 Å². The molecule has 2 nitrogen and oxygen atoms in total. The molecule has 2 aromatic rings. The lowest BCUT2D eigenvalue weighted by atomic mass is 10.4. The Morgan fingerprint density at radius 2 is 2.20 bits per heavy atom. The highest BCUT2D eigenvalue weighted by molar-refractivity contribution is 9.10. The van der Waals surface area contributed by atoms with E-state index in [1.54, 1.807) is 0 Å². The Bertz CT molecular complexity index is 436. The molecule has 2 aromatic heterocycles. The highest BCUT2D eigenvalue weighted by Gasteiger charge is 1.97. The molecule has 0 amide bonds. The van der Waals surface area contributed by atoms with E-state index in [0.29, 0.717) is 0 Å². The van der Waals surface area contributed by atoms with Gasteiger partial charge in [-0.05, 0) is 47.1 Å². The van der Waals surface area contributed by atoms with Crippen LogP contribution < -0.4 is 5.32 Å². The summed E-state index contributed by atoms with van der Waals surface area (Å²) in [7, 11) is 0. The third kappa shape index (κ3) is 3.04. The highest BCUT2D eigenvalue weighted by Crippen LogP contribution is 2.17. The van der Waals surface area contributed by atoms with Gasteiger partial charge in [-0.15, -0.1) is 11.3 Å². The molecule has 0 unspecified atom stereocenters. The van der Waals surface area contributed by atoms with Crippen molar-refractivity contribution in [3.05, 3.63) is 44.8 Å². The molecule has 78 valence electrons. The lowest BCUT2D eigenvalue weighted by molar-refractivity contribution is 1.16. The van der Waals surface area contributed by atoms with Gasteiger partial charge in [-0.25, -0.2) is 4.98 Å². The van der Waals surface area contributed by atoms with Gasteiger partial charge < -0.3 is 5.32 Å². The maximum Gasteiger partial charge on any atom is 0.106 e. The second kappa shape index (κ2) is 4.77. The molecule has 0 radical (unpaired) electrons. The third-order valence-electron chi connectivity index (χ3n) is 1.99. The summed E-state index contributed by atoms with van der Waals surface area (Å²) in [6, 6.07) is 8.24. The maximum atomic E-state index is 4.15.